The van der Waals surface area contributed by atoms with Gasteiger partial charge in [-0.3, -0.25) is 0 Å². The Morgan fingerprint density at radius 2 is 1.50 bits per heavy atom. The number of hydrogen-bond acceptors (Lipinski definition) is 1. The van der Waals surface area contributed by atoms with Gasteiger partial charge in [-0.25, -0.2) is 9.13 Å². The zero-order valence-electron chi connectivity index (χ0n) is 16.3. The number of hydrogen-bond donors (Lipinski definition) is 1. The van der Waals surface area contributed by atoms with Gasteiger partial charge >= 0.3 is 0 Å². The molecule has 1 aromatic heterocycles. The SMILES string of the molecule is C[C@H](N[C@H](C[n+]1ccn(C(C)(C)C)c1)c1ccccc1)c1ccccc1. The minimum Gasteiger partial charge on any atom is -0.300 e. The van der Waals surface area contributed by atoms with Crippen LogP contribution in [0.15, 0.2) is 79.4 Å². The lowest BCUT2D eigenvalue weighted by Gasteiger charge is -2.23. The van der Waals surface area contributed by atoms with Crippen molar-refractivity contribution in [2.45, 2.75) is 51.9 Å². The smallest absolute Gasteiger partial charge is 0.244 e. The minimum absolute atomic E-state index is 0.0955. The van der Waals surface area contributed by atoms with Gasteiger partial charge in [-0.05, 0) is 38.8 Å². The first-order valence-electron chi connectivity index (χ1n) is 9.37. The quantitative estimate of drug-likeness (QED) is 0.645. The van der Waals surface area contributed by atoms with E-state index in [1.54, 1.807) is 0 Å². The van der Waals surface area contributed by atoms with Crippen LogP contribution in [0.1, 0.15) is 50.9 Å². The van der Waals surface area contributed by atoms with E-state index in [1.807, 2.05) is 0 Å². The van der Waals surface area contributed by atoms with Crippen molar-refractivity contribution in [2.75, 3.05) is 0 Å². The van der Waals surface area contributed by atoms with Crippen molar-refractivity contribution in [1.29, 1.82) is 0 Å². The van der Waals surface area contributed by atoms with Gasteiger partial charge in [0, 0.05) is 6.04 Å². The van der Waals surface area contributed by atoms with Gasteiger partial charge in [-0.15, -0.1) is 0 Å². The molecule has 1 heterocycles. The third kappa shape index (κ3) is 4.61. The van der Waals surface area contributed by atoms with Crippen LogP contribution < -0.4 is 9.88 Å². The molecular weight excluding hydrogens is 318 g/mol. The molecule has 0 saturated heterocycles. The molecule has 3 rings (SSSR count). The molecule has 0 aliphatic rings. The second kappa shape index (κ2) is 7.88. The molecule has 1 N–H and O–H groups in total. The lowest BCUT2D eigenvalue weighted by atomic mass is 10.0. The third-order valence-corrected chi connectivity index (χ3v) is 4.81. The topological polar surface area (TPSA) is 20.8 Å². The van der Waals surface area contributed by atoms with Crippen molar-refractivity contribution in [2.24, 2.45) is 0 Å². The molecule has 0 aliphatic heterocycles. The summed E-state index contributed by atoms with van der Waals surface area (Å²) in [5, 5.41) is 3.82. The molecule has 0 saturated carbocycles. The Morgan fingerprint density at radius 3 is 2.04 bits per heavy atom. The molecule has 26 heavy (non-hydrogen) atoms. The van der Waals surface area contributed by atoms with E-state index in [1.165, 1.54) is 11.1 Å². The standard InChI is InChI=1S/C23H30N3/c1-19(20-11-7-5-8-12-20)24-22(21-13-9-6-10-14-21)17-25-15-16-26(18-25)23(2,3)4/h5-16,18-19,22,24H,17H2,1-4H3/q+1/t19-,22+/m0/s1. The largest absolute Gasteiger partial charge is 0.300 e. The molecule has 2 aromatic carbocycles. The average molecular weight is 349 g/mol. The maximum Gasteiger partial charge on any atom is 0.244 e. The van der Waals surface area contributed by atoms with Gasteiger partial charge in [0.05, 0.1) is 6.04 Å². The van der Waals surface area contributed by atoms with Crippen LogP contribution in [0.25, 0.3) is 0 Å². The van der Waals surface area contributed by atoms with Crippen molar-refractivity contribution >= 4 is 0 Å². The predicted molar refractivity (Wildman–Crippen MR) is 107 cm³/mol. The fourth-order valence-electron chi connectivity index (χ4n) is 3.19. The van der Waals surface area contributed by atoms with Gasteiger partial charge in [0.1, 0.15) is 24.5 Å². The first-order chi connectivity index (χ1) is 12.4. The first kappa shape index (κ1) is 18.4. The highest BCUT2D eigenvalue weighted by molar-refractivity contribution is 5.21. The van der Waals surface area contributed by atoms with Crippen LogP contribution in [0, 0.1) is 0 Å². The van der Waals surface area contributed by atoms with Gasteiger partial charge in [0.2, 0.25) is 6.33 Å². The van der Waals surface area contributed by atoms with Crippen LogP contribution in [0.5, 0.6) is 0 Å². The summed E-state index contributed by atoms with van der Waals surface area (Å²) in [6.45, 7) is 9.80. The van der Waals surface area contributed by atoms with E-state index < -0.39 is 0 Å². The summed E-state index contributed by atoms with van der Waals surface area (Å²) in [5.41, 5.74) is 2.72. The van der Waals surface area contributed by atoms with Crippen LogP contribution >= 0.6 is 0 Å². The first-order valence-corrected chi connectivity index (χ1v) is 9.37. The fraction of sp³-hybridized carbons (Fsp3) is 0.348. The molecule has 0 unspecified atom stereocenters. The normalized spacial score (nSPS) is 14.2. The van der Waals surface area contributed by atoms with E-state index in [4.69, 9.17) is 0 Å². The lowest BCUT2D eigenvalue weighted by Crippen LogP contribution is -2.41. The zero-order chi connectivity index (χ0) is 18.6. The van der Waals surface area contributed by atoms with E-state index in [2.05, 4.69) is 122 Å². The fourth-order valence-corrected chi connectivity index (χ4v) is 3.19. The van der Waals surface area contributed by atoms with Crippen molar-refractivity contribution in [1.82, 2.24) is 9.88 Å². The van der Waals surface area contributed by atoms with Crippen LogP contribution in [-0.4, -0.2) is 4.57 Å². The number of nitrogens with zero attached hydrogens (tertiary/aromatic N) is 2. The number of imidazole rings is 1. The highest BCUT2D eigenvalue weighted by atomic mass is 15.2. The maximum absolute atomic E-state index is 3.82. The van der Waals surface area contributed by atoms with Crippen LogP contribution in [0.4, 0.5) is 0 Å². The zero-order valence-corrected chi connectivity index (χ0v) is 16.3. The number of benzene rings is 2. The Labute approximate surface area is 157 Å². The molecule has 0 fully saturated rings. The summed E-state index contributed by atoms with van der Waals surface area (Å²) in [4.78, 5) is 0. The van der Waals surface area contributed by atoms with Gasteiger partial charge in [0.25, 0.3) is 0 Å². The van der Waals surface area contributed by atoms with E-state index in [0.29, 0.717) is 0 Å². The average Bonchev–Trinajstić information content (AvgIpc) is 3.12. The van der Waals surface area contributed by atoms with Gasteiger partial charge < -0.3 is 5.32 Å². The summed E-state index contributed by atoms with van der Waals surface area (Å²) in [6, 6.07) is 21.9. The van der Waals surface area contributed by atoms with Gasteiger partial charge in [0.15, 0.2) is 0 Å². The molecule has 0 bridgehead atoms. The van der Waals surface area contributed by atoms with E-state index >= 15 is 0 Å². The third-order valence-electron chi connectivity index (χ3n) is 4.81. The minimum atomic E-state index is 0.0955. The number of aromatic nitrogens is 2. The highest BCUT2D eigenvalue weighted by Crippen LogP contribution is 2.20. The monoisotopic (exact) mass is 348 g/mol. The molecule has 2 atom stereocenters. The molecule has 0 radical (unpaired) electrons. The van der Waals surface area contributed by atoms with Crippen LogP contribution in [-0.2, 0) is 12.1 Å². The predicted octanol–water partition coefficient (Wildman–Crippen LogP) is 4.62. The van der Waals surface area contributed by atoms with Gasteiger partial charge in [-0.2, -0.15) is 0 Å². The second-order valence-corrected chi connectivity index (χ2v) is 7.95. The Hall–Kier alpha value is -2.39. The highest BCUT2D eigenvalue weighted by Gasteiger charge is 2.22. The summed E-state index contributed by atoms with van der Waals surface area (Å²) >= 11 is 0. The lowest BCUT2D eigenvalue weighted by molar-refractivity contribution is -0.700. The van der Waals surface area contributed by atoms with Crippen molar-refractivity contribution in [3.63, 3.8) is 0 Å². The maximum atomic E-state index is 3.82. The summed E-state index contributed by atoms with van der Waals surface area (Å²) < 4.78 is 4.53. The molecular formula is C23H30N3+. The van der Waals surface area contributed by atoms with Crippen molar-refractivity contribution < 1.29 is 4.57 Å². The van der Waals surface area contributed by atoms with E-state index in [0.717, 1.165) is 6.54 Å². The Morgan fingerprint density at radius 1 is 0.923 bits per heavy atom. The summed E-state index contributed by atoms with van der Waals surface area (Å²) in [5.74, 6) is 0. The molecule has 3 aromatic rings. The van der Waals surface area contributed by atoms with E-state index in [9.17, 15) is 0 Å². The molecule has 136 valence electrons. The Bertz CT molecular complexity index is 800. The number of rotatable bonds is 6. The van der Waals surface area contributed by atoms with Crippen LogP contribution in [0.2, 0.25) is 0 Å². The van der Waals surface area contributed by atoms with Crippen LogP contribution in [0.3, 0.4) is 0 Å². The van der Waals surface area contributed by atoms with E-state index in [-0.39, 0.29) is 17.6 Å². The van der Waals surface area contributed by atoms with Crippen molar-refractivity contribution in [3.8, 4) is 0 Å². The Kier molecular flexibility index (Phi) is 5.58. The summed E-state index contributed by atoms with van der Waals surface area (Å²) in [6.07, 6.45) is 6.52. The second-order valence-electron chi connectivity index (χ2n) is 7.95. The molecule has 3 nitrogen and oxygen atoms in total. The van der Waals surface area contributed by atoms with Crippen molar-refractivity contribution in [3.05, 3.63) is 90.5 Å². The number of nitrogens with one attached hydrogen (secondary N) is 1. The summed E-state index contributed by atoms with van der Waals surface area (Å²) in [7, 11) is 0. The van der Waals surface area contributed by atoms with Gasteiger partial charge in [-0.1, -0.05) is 60.7 Å². The molecule has 0 aliphatic carbocycles. The molecule has 0 amide bonds. The Balaban J connectivity index is 1.81. The molecule has 0 spiro atoms. The molecule has 3 heteroatoms.